The molecule has 6 nitrogen and oxygen atoms in total. The molecule has 0 bridgehead atoms. The summed E-state index contributed by atoms with van der Waals surface area (Å²) in [5.41, 5.74) is 0.568. The van der Waals surface area contributed by atoms with E-state index in [1.54, 1.807) is 36.4 Å². The molecule has 0 aliphatic carbocycles. The molecule has 0 aliphatic rings. The van der Waals surface area contributed by atoms with E-state index >= 15 is 0 Å². The summed E-state index contributed by atoms with van der Waals surface area (Å²) in [7, 11) is 0. The second kappa shape index (κ2) is 10.2. The average molecular weight is 344 g/mol. The first-order chi connectivity index (χ1) is 12.2. The SMILES string of the molecule is CCCCCCNC(=O)COc1cccc(NC(=O)c2ccco2)c1. The number of anilines is 1. The number of unbranched alkanes of at least 4 members (excludes halogenated alkanes) is 3. The van der Waals surface area contributed by atoms with E-state index in [0.717, 1.165) is 12.8 Å². The van der Waals surface area contributed by atoms with Crippen molar-refractivity contribution in [3.63, 3.8) is 0 Å². The van der Waals surface area contributed by atoms with Crippen LogP contribution in [0.25, 0.3) is 0 Å². The fourth-order valence-corrected chi connectivity index (χ4v) is 2.24. The van der Waals surface area contributed by atoms with Crippen LogP contribution in [0.5, 0.6) is 5.75 Å². The first-order valence-electron chi connectivity index (χ1n) is 8.53. The van der Waals surface area contributed by atoms with Crippen LogP contribution in [0, 0.1) is 0 Å². The van der Waals surface area contributed by atoms with E-state index in [1.807, 2.05) is 0 Å². The smallest absolute Gasteiger partial charge is 0.291 e. The van der Waals surface area contributed by atoms with Gasteiger partial charge in [0.1, 0.15) is 5.75 Å². The van der Waals surface area contributed by atoms with Crippen molar-refractivity contribution in [3.8, 4) is 5.75 Å². The van der Waals surface area contributed by atoms with Gasteiger partial charge in [-0.15, -0.1) is 0 Å². The lowest BCUT2D eigenvalue weighted by atomic mass is 10.2. The molecule has 0 unspecified atom stereocenters. The zero-order valence-electron chi connectivity index (χ0n) is 14.4. The Kier molecular flexibility index (Phi) is 7.56. The molecule has 0 fully saturated rings. The van der Waals surface area contributed by atoms with Gasteiger partial charge in [0.15, 0.2) is 12.4 Å². The lowest BCUT2D eigenvalue weighted by Crippen LogP contribution is -2.29. The molecule has 134 valence electrons. The molecule has 1 aromatic carbocycles. The van der Waals surface area contributed by atoms with Crippen molar-refractivity contribution < 1.29 is 18.7 Å². The van der Waals surface area contributed by atoms with Gasteiger partial charge in [-0.25, -0.2) is 0 Å². The van der Waals surface area contributed by atoms with Crippen LogP contribution >= 0.6 is 0 Å². The van der Waals surface area contributed by atoms with Crippen LogP contribution < -0.4 is 15.4 Å². The Balaban J connectivity index is 1.75. The molecular formula is C19H24N2O4. The second-order valence-corrected chi connectivity index (χ2v) is 5.66. The molecule has 0 aliphatic heterocycles. The highest BCUT2D eigenvalue weighted by Crippen LogP contribution is 2.18. The number of hydrogen-bond acceptors (Lipinski definition) is 4. The Labute approximate surface area is 147 Å². The van der Waals surface area contributed by atoms with E-state index in [2.05, 4.69) is 17.6 Å². The van der Waals surface area contributed by atoms with Gasteiger partial charge in [0.2, 0.25) is 0 Å². The van der Waals surface area contributed by atoms with Gasteiger partial charge in [-0.05, 0) is 30.7 Å². The van der Waals surface area contributed by atoms with Gasteiger partial charge in [-0.2, -0.15) is 0 Å². The summed E-state index contributed by atoms with van der Waals surface area (Å²) in [5.74, 6) is 0.251. The molecule has 2 aromatic rings. The molecular weight excluding hydrogens is 320 g/mol. The quantitative estimate of drug-likeness (QED) is 0.645. The number of carbonyl (C=O) groups is 2. The molecule has 1 heterocycles. The van der Waals surface area contributed by atoms with Crippen molar-refractivity contribution in [1.82, 2.24) is 5.32 Å². The molecule has 0 saturated carbocycles. The van der Waals surface area contributed by atoms with Crippen molar-refractivity contribution in [3.05, 3.63) is 48.4 Å². The number of furan rings is 1. The first-order valence-corrected chi connectivity index (χ1v) is 8.53. The molecule has 0 radical (unpaired) electrons. The van der Waals surface area contributed by atoms with Crippen LogP contribution in [-0.2, 0) is 4.79 Å². The van der Waals surface area contributed by atoms with Gasteiger partial charge >= 0.3 is 0 Å². The summed E-state index contributed by atoms with van der Waals surface area (Å²) in [6.45, 7) is 2.77. The Morgan fingerprint density at radius 2 is 2.00 bits per heavy atom. The Morgan fingerprint density at radius 1 is 1.12 bits per heavy atom. The number of amides is 2. The van der Waals surface area contributed by atoms with E-state index < -0.39 is 0 Å². The first kappa shape index (κ1) is 18.6. The molecule has 2 N–H and O–H groups in total. The minimum absolute atomic E-state index is 0.0522. The Hall–Kier alpha value is -2.76. The predicted molar refractivity (Wildman–Crippen MR) is 95.7 cm³/mol. The summed E-state index contributed by atoms with van der Waals surface area (Å²) >= 11 is 0. The minimum atomic E-state index is -0.341. The third kappa shape index (κ3) is 6.71. The zero-order chi connectivity index (χ0) is 17.9. The van der Waals surface area contributed by atoms with Gasteiger partial charge in [-0.3, -0.25) is 9.59 Å². The second-order valence-electron chi connectivity index (χ2n) is 5.66. The maximum Gasteiger partial charge on any atom is 0.291 e. The monoisotopic (exact) mass is 344 g/mol. The highest BCUT2D eigenvalue weighted by Gasteiger charge is 2.09. The van der Waals surface area contributed by atoms with Crippen molar-refractivity contribution in [2.24, 2.45) is 0 Å². The summed E-state index contributed by atoms with van der Waals surface area (Å²) in [6.07, 6.45) is 5.89. The summed E-state index contributed by atoms with van der Waals surface area (Å²) in [6, 6.07) is 10.1. The van der Waals surface area contributed by atoms with Crippen molar-refractivity contribution >= 4 is 17.5 Å². The van der Waals surface area contributed by atoms with Gasteiger partial charge in [0.05, 0.1) is 6.26 Å². The van der Waals surface area contributed by atoms with Crippen LogP contribution in [0.2, 0.25) is 0 Å². The lowest BCUT2D eigenvalue weighted by Gasteiger charge is -2.09. The lowest BCUT2D eigenvalue weighted by molar-refractivity contribution is -0.123. The number of hydrogen-bond donors (Lipinski definition) is 2. The highest BCUT2D eigenvalue weighted by molar-refractivity contribution is 6.02. The Bertz CT molecular complexity index is 668. The van der Waals surface area contributed by atoms with Gasteiger partial charge in [-0.1, -0.05) is 32.3 Å². The van der Waals surface area contributed by atoms with E-state index in [1.165, 1.54) is 19.1 Å². The van der Waals surface area contributed by atoms with E-state index in [-0.39, 0.29) is 24.2 Å². The molecule has 25 heavy (non-hydrogen) atoms. The molecule has 2 amide bonds. The van der Waals surface area contributed by atoms with Crippen molar-refractivity contribution in [1.29, 1.82) is 0 Å². The fourth-order valence-electron chi connectivity index (χ4n) is 2.24. The van der Waals surface area contributed by atoms with Crippen LogP contribution in [0.3, 0.4) is 0 Å². The topological polar surface area (TPSA) is 80.6 Å². The van der Waals surface area contributed by atoms with E-state index in [0.29, 0.717) is 18.0 Å². The number of benzene rings is 1. The van der Waals surface area contributed by atoms with Crippen LogP contribution in [0.4, 0.5) is 5.69 Å². The zero-order valence-corrected chi connectivity index (χ0v) is 14.4. The van der Waals surface area contributed by atoms with E-state index in [9.17, 15) is 9.59 Å². The maximum absolute atomic E-state index is 11.9. The van der Waals surface area contributed by atoms with Crippen LogP contribution in [0.1, 0.15) is 43.2 Å². The molecule has 1 aromatic heterocycles. The molecule has 0 atom stereocenters. The van der Waals surface area contributed by atoms with Crippen LogP contribution in [-0.4, -0.2) is 25.0 Å². The summed E-state index contributed by atoms with van der Waals surface area (Å²) in [5, 5.41) is 5.54. The maximum atomic E-state index is 11.9. The fraction of sp³-hybridized carbons (Fsp3) is 0.368. The third-order valence-electron chi connectivity index (χ3n) is 3.56. The largest absolute Gasteiger partial charge is 0.484 e. The molecule has 0 saturated heterocycles. The number of nitrogens with one attached hydrogen (secondary N) is 2. The summed E-state index contributed by atoms with van der Waals surface area (Å²) in [4.78, 5) is 23.7. The van der Waals surface area contributed by atoms with Crippen LogP contribution in [0.15, 0.2) is 47.1 Å². The minimum Gasteiger partial charge on any atom is -0.484 e. The normalized spacial score (nSPS) is 10.3. The number of ether oxygens (including phenoxy) is 1. The Morgan fingerprint density at radius 3 is 2.76 bits per heavy atom. The number of carbonyl (C=O) groups excluding carboxylic acids is 2. The van der Waals surface area contributed by atoms with Gasteiger partial charge < -0.3 is 19.8 Å². The van der Waals surface area contributed by atoms with Gasteiger partial charge in [0.25, 0.3) is 11.8 Å². The van der Waals surface area contributed by atoms with Crippen molar-refractivity contribution in [2.45, 2.75) is 32.6 Å². The van der Waals surface area contributed by atoms with E-state index in [4.69, 9.17) is 9.15 Å². The third-order valence-corrected chi connectivity index (χ3v) is 3.56. The predicted octanol–water partition coefficient (Wildman–Crippen LogP) is 3.61. The van der Waals surface area contributed by atoms with Crippen molar-refractivity contribution in [2.75, 3.05) is 18.5 Å². The number of rotatable bonds is 10. The molecule has 0 spiro atoms. The highest BCUT2D eigenvalue weighted by atomic mass is 16.5. The molecule has 2 rings (SSSR count). The standard InChI is InChI=1S/C19H24N2O4/c1-2-3-4-5-11-20-18(22)14-25-16-9-6-8-15(13-16)21-19(23)17-10-7-12-24-17/h6-10,12-13H,2-5,11,14H2,1H3,(H,20,22)(H,21,23). The average Bonchev–Trinajstić information content (AvgIpc) is 3.15. The summed E-state index contributed by atoms with van der Waals surface area (Å²) < 4.78 is 10.5. The van der Waals surface area contributed by atoms with Gasteiger partial charge in [0, 0.05) is 18.3 Å². The molecule has 6 heteroatoms.